The van der Waals surface area contributed by atoms with E-state index in [4.69, 9.17) is 4.74 Å². The van der Waals surface area contributed by atoms with Crippen molar-refractivity contribution in [2.24, 2.45) is 0 Å². The first kappa shape index (κ1) is 23.2. The van der Waals surface area contributed by atoms with E-state index in [1.807, 2.05) is 6.08 Å². The van der Waals surface area contributed by atoms with Crippen LogP contribution in [0.1, 0.15) is 117 Å². The third kappa shape index (κ3) is 19.3. The zero-order chi connectivity index (χ0) is 17.7. The van der Waals surface area contributed by atoms with Gasteiger partial charge in [0.25, 0.3) is 0 Å². The topological polar surface area (TPSA) is 26.3 Å². The molecule has 0 aliphatic rings. The van der Waals surface area contributed by atoms with E-state index >= 15 is 0 Å². The molecule has 0 fully saturated rings. The summed E-state index contributed by atoms with van der Waals surface area (Å²) in [6.45, 7) is 4.86. The summed E-state index contributed by atoms with van der Waals surface area (Å²) in [6.07, 6.45) is 24.2. The van der Waals surface area contributed by atoms with Crippen LogP contribution in [0, 0.1) is 0 Å². The lowest BCUT2D eigenvalue weighted by Gasteiger charge is -2.03. The Morgan fingerprint density at radius 2 is 1.17 bits per heavy atom. The SMILES string of the molecule is CCCC=CCOC(=O)CCCCCCCCCCCCCCC. The van der Waals surface area contributed by atoms with Crippen molar-refractivity contribution in [2.75, 3.05) is 6.61 Å². The van der Waals surface area contributed by atoms with Crippen LogP contribution in [0.5, 0.6) is 0 Å². The molecule has 0 saturated heterocycles. The number of allylic oxidation sites excluding steroid dienone is 1. The molecule has 0 radical (unpaired) electrons. The number of hydrogen-bond donors (Lipinski definition) is 0. The number of esters is 1. The van der Waals surface area contributed by atoms with Gasteiger partial charge in [-0.2, -0.15) is 0 Å². The van der Waals surface area contributed by atoms with E-state index in [9.17, 15) is 4.79 Å². The summed E-state index contributed by atoms with van der Waals surface area (Å²) in [5.41, 5.74) is 0. The molecular weight excluding hydrogens is 296 g/mol. The molecule has 0 N–H and O–H groups in total. The standard InChI is InChI=1S/C22H42O2/c1-3-5-7-9-10-11-12-13-14-15-16-17-18-20-22(23)24-21-19-8-6-4-2/h8,19H,3-7,9-18,20-21H2,1-2H3. The second kappa shape index (κ2) is 20.3. The van der Waals surface area contributed by atoms with Gasteiger partial charge >= 0.3 is 5.97 Å². The van der Waals surface area contributed by atoms with Gasteiger partial charge in [0.1, 0.15) is 6.61 Å². The van der Waals surface area contributed by atoms with Gasteiger partial charge in [-0.05, 0) is 12.8 Å². The van der Waals surface area contributed by atoms with Crippen LogP contribution in [0.25, 0.3) is 0 Å². The first-order chi connectivity index (χ1) is 11.8. The number of ether oxygens (including phenoxy) is 1. The fraction of sp³-hybridized carbons (Fsp3) is 0.864. The normalized spacial score (nSPS) is 11.2. The molecule has 0 aromatic rings. The molecule has 2 heteroatoms. The van der Waals surface area contributed by atoms with Crippen LogP contribution in [0.15, 0.2) is 12.2 Å². The Morgan fingerprint density at radius 1 is 0.667 bits per heavy atom. The summed E-state index contributed by atoms with van der Waals surface area (Å²) in [7, 11) is 0. The molecule has 0 aliphatic heterocycles. The molecule has 0 atom stereocenters. The molecule has 0 saturated carbocycles. The Kier molecular flexibility index (Phi) is 19.6. The fourth-order valence-electron chi connectivity index (χ4n) is 2.85. The summed E-state index contributed by atoms with van der Waals surface area (Å²) >= 11 is 0. The first-order valence-electron chi connectivity index (χ1n) is 10.6. The van der Waals surface area contributed by atoms with Gasteiger partial charge in [0.15, 0.2) is 0 Å². The van der Waals surface area contributed by atoms with Gasteiger partial charge in [-0.3, -0.25) is 4.79 Å². The molecule has 0 amide bonds. The summed E-state index contributed by atoms with van der Waals surface area (Å²) < 4.78 is 5.17. The highest BCUT2D eigenvalue weighted by Gasteiger charge is 2.01. The molecular formula is C22H42O2. The van der Waals surface area contributed by atoms with Crippen LogP contribution in [0.3, 0.4) is 0 Å². The largest absolute Gasteiger partial charge is 0.461 e. The zero-order valence-electron chi connectivity index (χ0n) is 16.5. The van der Waals surface area contributed by atoms with Crippen LogP contribution in [-0.2, 0) is 9.53 Å². The van der Waals surface area contributed by atoms with Crippen LogP contribution >= 0.6 is 0 Å². The van der Waals surface area contributed by atoms with Crippen LogP contribution in [0.4, 0.5) is 0 Å². The van der Waals surface area contributed by atoms with Gasteiger partial charge in [-0.1, -0.05) is 109 Å². The van der Waals surface area contributed by atoms with Crippen molar-refractivity contribution in [3.8, 4) is 0 Å². The summed E-state index contributed by atoms with van der Waals surface area (Å²) in [4.78, 5) is 11.5. The minimum absolute atomic E-state index is 0.0424. The van der Waals surface area contributed by atoms with Gasteiger partial charge < -0.3 is 4.74 Å². The fourth-order valence-corrected chi connectivity index (χ4v) is 2.85. The van der Waals surface area contributed by atoms with E-state index in [-0.39, 0.29) is 5.97 Å². The van der Waals surface area contributed by atoms with Crippen molar-refractivity contribution in [1.29, 1.82) is 0 Å². The van der Waals surface area contributed by atoms with E-state index < -0.39 is 0 Å². The maximum absolute atomic E-state index is 11.5. The van der Waals surface area contributed by atoms with Crippen molar-refractivity contribution in [3.63, 3.8) is 0 Å². The van der Waals surface area contributed by atoms with E-state index in [0.717, 1.165) is 25.7 Å². The number of rotatable bonds is 18. The van der Waals surface area contributed by atoms with Crippen molar-refractivity contribution in [1.82, 2.24) is 0 Å². The molecule has 0 spiro atoms. The summed E-state index contributed by atoms with van der Waals surface area (Å²) in [5, 5.41) is 0. The lowest BCUT2D eigenvalue weighted by Crippen LogP contribution is -2.03. The Hall–Kier alpha value is -0.790. The molecule has 0 rings (SSSR count). The Bertz CT molecular complexity index is 284. The highest BCUT2D eigenvalue weighted by molar-refractivity contribution is 5.69. The highest BCUT2D eigenvalue weighted by Crippen LogP contribution is 2.13. The average molecular weight is 339 g/mol. The Morgan fingerprint density at radius 3 is 1.67 bits per heavy atom. The van der Waals surface area contributed by atoms with Gasteiger partial charge in [-0.25, -0.2) is 0 Å². The second-order valence-corrected chi connectivity index (χ2v) is 6.94. The minimum atomic E-state index is -0.0424. The first-order valence-corrected chi connectivity index (χ1v) is 10.6. The smallest absolute Gasteiger partial charge is 0.306 e. The molecule has 0 aromatic carbocycles. The molecule has 142 valence electrons. The quantitative estimate of drug-likeness (QED) is 0.148. The zero-order valence-corrected chi connectivity index (χ0v) is 16.5. The minimum Gasteiger partial charge on any atom is -0.461 e. The Labute approximate surface area is 151 Å². The molecule has 2 nitrogen and oxygen atoms in total. The summed E-state index contributed by atoms with van der Waals surface area (Å²) in [5.74, 6) is -0.0424. The number of hydrogen-bond acceptors (Lipinski definition) is 2. The predicted molar refractivity (Wildman–Crippen MR) is 105 cm³/mol. The number of carbonyl (C=O) groups is 1. The monoisotopic (exact) mass is 338 g/mol. The summed E-state index contributed by atoms with van der Waals surface area (Å²) in [6, 6.07) is 0. The van der Waals surface area contributed by atoms with Gasteiger partial charge in [0, 0.05) is 6.42 Å². The maximum atomic E-state index is 11.5. The van der Waals surface area contributed by atoms with E-state index in [0.29, 0.717) is 13.0 Å². The molecule has 24 heavy (non-hydrogen) atoms. The van der Waals surface area contributed by atoms with Crippen molar-refractivity contribution in [3.05, 3.63) is 12.2 Å². The van der Waals surface area contributed by atoms with E-state index in [1.165, 1.54) is 70.6 Å². The van der Waals surface area contributed by atoms with Crippen molar-refractivity contribution < 1.29 is 9.53 Å². The van der Waals surface area contributed by atoms with Gasteiger partial charge in [0.2, 0.25) is 0 Å². The lowest BCUT2D eigenvalue weighted by molar-refractivity contribution is -0.142. The molecule has 0 unspecified atom stereocenters. The molecule has 0 aromatic heterocycles. The van der Waals surface area contributed by atoms with E-state index in [2.05, 4.69) is 19.9 Å². The maximum Gasteiger partial charge on any atom is 0.306 e. The van der Waals surface area contributed by atoms with Gasteiger partial charge in [0.05, 0.1) is 0 Å². The highest BCUT2D eigenvalue weighted by atomic mass is 16.5. The average Bonchev–Trinajstić information content (AvgIpc) is 2.59. The van der Waals surface area contributed by atoms with Crippen LogP contribution < -0.4 is 0 Å². The van der Waals surface area contributed by atoms with Crippen LogP contribution in [0.2, 0.25) is 0 Å². The molecule has 0 heterocycles. The molecule has 0 aliphatic carbocycles. The molecule has 0 bridgehead atoms. The van der Waals surface area contributed by atoms with Crippen LogP contribution in [-0.4, -0.2) is 12.6 Å². The van der Waals surface area contributed by atoms with Crippen molar-refractivity contribution in [2.45, 2.75) is 117 Å². The number of carbonyl (C=O) groups excluding carboxylic acids is 1. The predicted octanol–water partition coefficient (Wildman–Crippen LogP) is 7.37. The second-order valence-electron chi connectivity index (χ2n) is 6.94. The third-order valence-electron chi connectivity index (χ3n) is 4.45. The number of unbranched alkanes of at least 4 members (excludes halogenated alkanes) is 13. The van der Waals surface area contributed by atoms with Gasteiger partial charge in [-0.15, -0.1) is 0 Å². The Balaban J connectivity index is 3.15. The van der Waals surface area contributed by atoms with E-state index in [1.54, 1.807) is 0 Å². The lowest BCUT2D eigenvalue weighted by atomic mass is 10.0. The van der Waals surface area contributed by atoms with Crippen molar-refractivity contribution >= 4 is 5.97 Å². The third-order valence-corrected chi connectivity index (χ3v) is 4.45.